The van der Waals surface area contributed by atoms with Crippen molar-refractivity contribution in [1.82, 2.24) is 10.6 Å². The molecule has 2 aliphatic carbocycles. The lowest BCUT2D eigenvalue weighted by molar-refractivity contribution is -0.345. The van der Waals surface area contributed by atoms with Crippen LogP contribution < -0.4 is 22.1 Å². The first-order chi connectivity index (χ1) is 17.9. The number of guanidine groups is 1. The van der Waals surface area contributed by atoms with Crippen LogP contribution in [0.15, 0.2) is 15.2 Å². The highest BCUT2D eigenvalue weighted by molar-refractivity contribution is 5.90. The number of carbonyl (C=O) groups is 3. The van der Waals surface area contributed by atoms with Gasteiger partial charge in [-0.05, 0) is 50.9 Å². The number of carboxylic acid groups (broad SMARTS) is 1. The molecule has 216 valence electrons. The Morgan fingerprint density at radius 1 is 0.974 bits per heavy atom. The fraction of sp³-hybridized carbons (Fsp3) is 0.826. The number of amides is 3. The first-order valence-electron chi connectivity index (χ1n) is 13.0. The summed E-state index contributed by atoms with van der Waals surface area (Å²) in [6.45, 7) is 0.203. The van der Waals surface area contributed by atoms with E-state index in [9.17, 15) is 32.7 Å². The number of rotatable bonds is 12. The molecule has 38 heavy (non-hydrogen) atoms. The summed E-state index contributed by atoms with van der Waals surface area (Å²) >= 11 is 0. The van der Waals surface area contributed by atoms with Gasteiger partial charge in [0.1, 0.15) is 12.1 Å². The number of alkyl halides is 3. The van der Waals surface area contributed by atoms with E-state index in [0.29, 0.717) is 12.8 Å². The van der Waals surface area contributed by atoms with Crippen molar-refractivity contribution in [2.75, 3.05) is 6.54 Å². The molecule has 0 spiro atoms. The van der Waals surface area contributed by atoms with Crippen LogP contribution in [0, 0.1) is 5.92 Å². The van der Waals surface area contributed by atoms with Crippen molar-refractivity contribution >= 4 is 23.9 Å². The normalized spacial score (nSPS) is 22.4. The second kappa shape index (κ2) is 15.4. The molecule has 0 bridgehead atoms. The minimum Gasteiger partial charge on any atom is -0.480 e. The summed E-state index contributed by atoms with van der Waals surface area (Å²) < 4.78 is 41.2. The second-order valence-corrected chi connectivity index (χ2v) is 9.80. The van der Waals surface area contributed by atoms with Crippen LogP contribution in [-0.2, 0) is 14.3 Å². The maximum absolute atomic E-state index is 13.0. The van der Waals surface area contributed by atoms with E-state index in [-0.39, 0.29) is 50.5 Å². The van der Waals surface area contributed by atoms with E-state index in [2.05, 4.69) is 30.6 Å². The molecule has 0 aliphatic heterocycles. The quantitative estimate of drug-likeness (QED) is 0.107. The van der Waals surface area contributed by atoms with E-state index in [0.717, 1.165) is 32.1 Å². The van der Waals surface area contributed by atoms with Crippen LogP contribution in [0.4, 0.5) is 18.0 Å². The number of ether oxygens (including phenoxy) is 1. The highest BCUT2D eigenvalue weighted by Gasteiger charge is 2.35. The van der Waals surface area contributed by atoms with Gasteiger partial charge >= 0.3 is 18.4 Å². The molecule has 0 heterocycles. The Balaban J connectivity index is 1.95. The molecule has 2 unspecified atom stereocenters. The standard InChI is InChI=1S/C23H38F3N7O5/c24-23(25,26)38-16-10-8-15(9-11-16)32-33-22(37)31-18(13-14-5-2-1-3-6-14)19(34)30-17(20(35)36)7-4-12-29-21(27)28/h14-18H,1-13H2,(H,30,34)(H,31,37)(H,35,36)(H4,27,28,29). The fourth-order valence-electron chi connectivity index (χ4n) is 4.80. The monoisotopic (exact) mass is 549 g/mol. The average Bonchev–Trinajstić information content (AvgIpc) is 2.84. The highest BCUT2D eigenvalue weighted by Crippen LogP contribution is 2.30. The van der Waals surface area contributed by atoms with Crippen molar-refractivity contribution in [2.24, 2.45) is 32.6 Å². The van der Waals surface area contributed by atoms with Crippen molar-refractivity contribution in [2.45, 2.75) is 108 Å². The maximum atomic E-state index is 13.0. The van der Waals surface area contributed by atoms with Gasteiger partial charge in [0.05, 0.1) is 12.1 Å². The van der Waals surface area contributed by atoms with E-state index in [1.54, 1.807) is 0 Å². The molecule has 0 saturated heterocycles. The molecular formula is C23H38F3N7O5. The third kappa shape index (κ3) is 12.5. The lowest BCUT2D eigenvalue weighted by Gasteiger charge is -2.27. The fourth-order valence-corrected chi connectivity index (χ4v) is 4.80. The zero-order chi connectivity index (χ0) is 28.1. The van der Waals surface area contributed by atoms with Crippen LogP contribution in [0.1, 0.15) is 77.0 Å². The van der Waals surface area contributed by atoms with Gasteiger partial charge in [-0.25, -0.2) is 9.59 Å². The number of hydrogen-bond acceptors (Lipinski definition) is 6. The molecule has 15 heteroatoms. The number of halogens is 3. The topological polar surface area (TPSA) is 194 Å². The van der Waals surface area contributed by atoms with Crippen LogP contribution >= 0.6 is 0 Å². The molecule has 2 atom stereocenters. The summed E-state index contributed by atoms with van der Waals surface area (Å²) in [7, 11) is 0. The Morgan fingerprint density at radius 2 is 1.63 bits per heavy atom. The van der Waals surface area contributed by atoms with Gasteiger partial charge in [0.25, 0.3) is 0 Å². The zero-order valence-electron chi connectivity index (χ0n) is 21.3. The van der Waals surface area contributed by atoms with Crippen molar-refractivity contribution in [3.63, 3.8) is 0 Å². The molecule has 0 aromatic carbocycles. The Hall–Kier alpha value is -2.97. The predicted molar refractivity (Wildman–Crippen MR) is 131 cm³/mol. The van der Waals surface area contributed by atoms with Crippen LogP contribution in [-0.4, -0.2) is 66.1 Å². The summed E-state index contributed by atoms with van der Waals surface area (Å²) in [5.41, 5.74) is 10.5. The number of aliphatic imine (C=N–C) groups is 1. The van der Waals surface area contributed by atoms with Crippen LogP contribution in [0.5, 0.6) is 0 Å². The van der Waals surface area contributed by atoms with E-state index >= 15 is 0 Å². The Labute approximate surface area is 219 Å². The number of nitrogens with two attached hydrogens (primary N) is 2. The number of nitrogens with zero attached hydrogens (tertiary/aromatic N) is 3. The van der Waals surface area contributed by atoms with E-state index < -0.39 is 48.5 Å². The molecule has 12 nitrogen and oxygen atoms in total. The van der Waals surface area contributed by atoms with Gasteiger partial charge in [-0.1, -0.05) is 37.2 Å². The first kappa shape index (κ1) is 31.2. The molecule has 2 rings (SSSR count). The molecule has 0 aromatic heterocycles. The average molecular weight is 550 g/mol. The van der Waals surface area contributed by atoms with E-state index in [1.807, 2.05) is 0 Å². The van der Waals surface area contributed by atoms with Crippen molar-refractivity contribution in [3.05, 3.63) is 0 Å². The molecule has 2 aliphatic rings. The summed E-state index contributed by atoms with van der Waals surface area (Å²) in [4.78, 5) is 41.0. The number of carboxylic acids is 1. The van der Waals surface area contributed by atoms with Crippen molar-refractivity contribution in [3.8, 4) is 0 Å². The summed E-state index contributed by atoms with van der Waals surface area (Å²) in [6, 6.07) is -3.51. The molecule has 2 fully saturated rings. The Morgan fingerprint density at radius 3 is 2.21 bits per heavy atom. The number of nitrogens with one attached hydrogen (secondary N) is 2. The molecule has 3 amide bonds. The smallest absolute Gasteiger partial charge is 0.480 e. The molecule has 0 radical (unpaired) electrons. The summed E-state index contributed by atoms with van der Waals surface area (Å²) in [5.74, 6) is -1.80. The lowest BCUT2D eigenvalue weighted by Crippen LogP contribution is -2.51. The van der Waals surface area contributed by atoms with E-state index in [4.69, 9.17) is 11.5 Å². The van der Waals surface area contributed by atoms with Crippen LogP contribution in [0.25, 0.3) is 0 Å². The minimum atomic E-state index is -4.70. The van der Waals surface area contributed by atoms with Gasteiger partial charge in [-0.3, -0.25) is 14.5 Å². The third-order valence-corrected chi connectivity index (χ3v) is 6.72. The molecular weight excluding hydrogens is 511 g/mol. The predicted octanol–water partition coefficient (Wildman–Crippen LogP) is 2.96. The number of carbonyl (C=O) groups excluding carboxylic acids is 2. The summed E-state index contributed by atoms with van der Waals surface area (Å²) in [5, 5.41) is 22.1. The zero-order valence-corrected chi connectivity index (χ0v) is 21.3. The van der Waals surface area contributed by atoms with Crippen molar-refractivity contribution in [1.29, 1.82) is 0 Å². The van der Waals surface area contributed by atoms with Crippen molar-refractivity contribution < 1.29 is 37.4 Å². The largest absolute Gasteiger partial charge is 0.522 e. The number of aliphatic carboxylic acids is 1. The van der Waals surface area contributed by atoms with Crippen LogP contribution in [0.3, 0.4) is 0 Å². The number of urea groups is 1. The van der Waals surface area contributed by atoms with Gasteiger partial charge in [-0.15, -0.1) is 13.2 Å². The van der Waals surface area contributed by atoms with Gasteiger partial charge in [0.2, 0.25) is 5.91 Å². The minimum absolute atomic E-state index is 0.0857. The molecule has 7 N–H and O–H groups in total. The second-order valence-electron chi connectivity index (χ2n) is 9.80. The first-order valence-corrected chi connectivity index (χ1v) is 13.0. The van der Waals surface area contributed by atoms with Gasteiger partial charge in [-0.2, -0.15) is 5.11 Å². The summed E-state index contributed by atoms with van der Waals surface area (Å²) in [6.07, 6.45) is 0.833. The SMILES string of the molecule is NC(N)=NCCCC(NC(=O)C(CC1CCCCC1)NC(=O)N=NC1CCC(OC(F)(F)F)CC1)C(=O)O. The van der Waals surface area contributed by atoms with Gasteiger partial charge in [0, 0.05) is 6.54 Å². The van der Waals surface area contributed by atoms with Gasteiger partial charge in [0.15, 0.2) is 5.96 Å². The van der Waals surface area contributed by atoms with E-state index in [1.165, 1.54) is 0 Å². The van der Waals surface area contributed by atoms with Gasteiger partial charge < -0.3 is 27.2 Å². The molecule has 2 saturated carbocycles. The third-order valence-electron chi connectivity index (χ3n) is 6.72. The lowest BCUT2D eigenvalue weighted by atomic mass is 9.84. The highest BCUT2D eigenvalue weighted by atomic mass is 19.4. The Bertz CT molecular complexity index is 838. The molecule has 0 aromatic rings. The Kier molecular flexibility index (Phi) is 12.7. The van der Waals surface area contributed by atoms with Crippen LogP contribution in [0.2, 0.25) is 0 Å². The number of azo groups is 1. The number of hydrogen-bond donors (Lipinski definition) is 5. The maximum Gasteiger partial charge on any atom is 0.522 e.